The molecule has 1 atom stereocenters. The molecule has 0 saturated carbocycles. The quantitative estimate of drug-likeness (QED) is 0.336. The molecule has 20 heavy (non-hydrogen) atoms. The first kappa shape index (κ1) is 15.1. The minimum atomic E-state index is 0.329. The van der Waals surface area contributed by atoms with Crippen LogP contribution < -0.4 is 4.74 Å². The summed E-state index contributed by atoms with van der Waals surface area (Å²) in [5.41, 5.74) is 1.41. The second-order valence-corrected chi connectivity index (χ2v) is 5.51. The molecule has 110 valence electrons. The van der Waals surface area contributed by atoms with Crippen LogP contribution in [0.1, 0.15) is 44.1 Å². The number of aryl methyl sites for hydroxylation is 1. The lowest BCUT2D eigenvalue weighted by atomic mass is 10.0. The Morgan fingerprint density at radius 2 is 1.80 bits per heavy atom. The van der Waals surface area contributed by atoms with E-state index in [0.29, 0.717) is 12.7 Å². The van der Waals surface area contributed by atoms with Crippen LogP contribution in [0.3, 0.4) is 0 Å². The van der Waals surface area contributed by atoms with Crippen LogP contribution in [-0.2, 0) is 11.2 Å². The highest BCUT2D eigenvalue weighted by Gasteiger charge is 2.22. The van der Waals surface area contributed by atoms with Gasteiger partial charge in [0.25, 0.3) is 0 Å². The molecule has 2 rings (SSSR count). The fraction of sp³-hybridized carbons (Fsp3) is 0.556. The van der Waals surface area contributed by atoms with E-state index in [1.807, 2.05) is 6.08 Å². The summed E-state index contributed by atoms with van der Waals surface area (Å²) in [6.45, 7) is 5.29. The first-order valence-corrected chi connectivity index (χ1v) is 7.83. The van der Waals surface area contributed by atoms with E-state index in [9.17, 15) is 0 Å². The zero-order valence-electron chi connectivity index (χ0n) is 12.4. The lowest BCUT2D eigenvalue weighted by Gasteiger charge is -2.06. The third-order valence-electron chi connectivity index (χ3n) is 3.64. The van der Waals surface area contributed by atoms with E-state index in [4.69, 9.17) is 9.47 Å². The van der Waals surface area contributed by atoms with Gasteiger partial charge in [-0.2, -0.15) is 0 Å². The van der Waals surface area contributed by atoms with E-state index in [2.05, 4.69) is 30.8 Å². The van der Waals surface area contributed by atoms with Crippen LogP contribution in [0.4, 0.5) is 0 Å². The predicted octanol–water partition coefficient (Wildman–Crippen LogP) is 4.53. The molecule has 0 aromatic heterocycles. The zero-order chi connectivity index (χ0) is 14.0. The van der Waals surface area contributed by atoms with Crippen LogP contribution >= 0.6 is 0 Å². The third-order valence-corrected chi connectivity index (χ3v) is 3.64. The fourth-order valence-corrected chi connectivity index (χ4v) is 2.25. The number of ether oxygens (including phenoxy) is 2. The average molecular weight is 274 g/mol. The molecule has 0 radical (unpaired) electrons. The van der Waals surface area contributed by atoms with Gasteiger partial charge in [-0.15, -0.1) is 6.58 Å². The number of hydrogen-bond acceptors (Lipinski definition) is 2. The van der Waals surface area contributed by atoms with Gasteiger partial charge in [0, 0.05) is 0 Å². The van der Waals surface area contributed by atoms with Crippen molar-refractivity contribution in [2.45, 2.75) is 51.0 Å². The predicted molar refractivity (Wildman–Crippen MR) is 83.3 cm³/mol. The summed E-state index contributed by atoms with van der Waals surface area (Å²) in [6.07, 6.45) is 11.3. The second-order valence-electron chi connectivity index (χ2n) is 5.51. The standard InChI is InChI=1S/C18H26O2/c1-2-3-4-5-6-7-8-9-16-10-12-17(13-11-16)19-14-18-15-20-18/h2,10-13,18H,1,3-9,14-15H2. The molecule has 0 aliphatic carbocycles. The molecule has 1 aliphatic heterocycles. The molecule has 1 saturated heterocycles. The van der Waals surface area contributed by atoms with Gasteiger partial charge in [-0.3, -0.25) is 0 Å². The Balaban J connectivity index is 1.54. The largest absolute Gasteiger partial charge is 0.491 e. The monoisotopic (exact) mass is 274 g/mol. The average Bonchev–Trinajstić information content (AvgIpc) is 3.30. The van der Waals surface area contributed by atoms with Crippen LogP contribution in [0.5, 0.6) is 5.75 Å². The molecule has 2 nitrogen and oxygen atoms in total. The van der Waals surface area contributed by atoms with Crippen molar-refractivity contribution in [3.8, 4) is 5.75 Å². The van der Waals surface area contributed by atoms with Gasteiger partial charge in [0.1, 0.15) is 18.5 Å². The SMILES string of the molecule is C=CCCCCCCCc1ccc(OCC2CO2)cc1. The van der Waals surface area contributed by atoms with Crippen molar-refractivity contribution in [1.82, 2.24) is 0 Å². The smallest absolute Gasteiger partial charge is 0.119 e. The maximum absolute atomic E-state index is 5.63. The highest BCUT2D eigenvalue weighted by atomic mass is 16.6. The summed E-state index contributed by atoms with van der Waals surface area (Å²) in [7, 11) is 0. The molecule has 1 heterocycles. The first-order valence-electron chi connectivity index (χ1n) is 7.83. The van der Waals surface area contributed by atoms with Crippen molar-refractivity contribution < 1.29 is 9.47 Å². The van der Waals surface area contributed by atoms with Crippen LogP contribution in [-0.4, -0.2) is 19.3 Å². The van der Waals surface area contributed by atoms with Crippen molar-refractivity contribution in [3.63, 3.8) is 0 Å². The fourth-order valence-electron chi connectivity index (χ4n) is 2.25. The number of epoxide rings is 1. The Labute approximate surface area is 122 Å². The van der Waals surface area contributed by atoms with Crippen molar-refractivity contribution in [3.05, 3.63) is 42.5 Å². The van der Waals surface area contributed by atoms with Crippen LogP contribution in [0.25, 0.3) is 0 Å². The summed E-state index contributed by atoms with van der Waals surface area (Å²) in [5.74, 6) is 0.952. The topological polar surface area (TPSA) is 21.8 Å². The number of benzene rings is 1. The Hall–Kier alpha value is -1.28. The third kappa shape index (κ3) is 6.25. The van der Waals surface area contributed by atoms with Crippen molar-refractivity contribution in [1.29, 1.82) is 0 Å². The van der Waals surface area contributed by atoms with Crippen LogP contribution in [0.15, 0.2) is 36.9 Å². The second kappa shape index (κ2) is 8.80. The molecule has 0 amide bonds. The highest BCUT2D eigenvalue weighted by Crippen LogP contribution is 2.17. The summed E-state index contributed by atoms with van der Waals surface area (Å²) in [4.78, 5) is 0. The number of allylic oxidation sites excluding steroid dienone is 1. The Morgan fingerprint density at radius 1 is 1.10 bits per heavy atom. The maximum Gasteiger partial charge on any atom is 0.119 e. The Bertz CT molecular complexity index is 379. The molecule has 1 unspecified atom stereocenters. The molecule has 0 spiro atoms. The van der Waals surface area contributed by atoms with Gasteiger partial charge in [0.05, 0.1) is 6.61 Å². The number of hydrogen-bond donors (Lipinski definition) is 0. The minimum absolute atomic E-state index is 0.329. The van der Waals surface area contributed by atoms with E-state index >= 15 is 0 Å². The molecule has 2 heteroatoms. The van der Waals surface area contributed by atoms with E-state index in [-0.39, 0.29) is 0 Å². The highest BCUT2D eigenvalue weighted by molar-refractivity contribution is 5.27. The Kier molecular flexibility index (Phi) is 6.65. The van der Waals surface area contributed by atoms with Gasteiger partial charge < -0.3 is 9.47 Å². The lowest BCUT2D eigenvalue weighted by Crippen LogP contribution is -2.03. The van der Waals surface area contributed by atoms with Gasteiger partial charge >= 0.3 is 0 Å². The van der Waals surface area contributed by atoms with E-state index in [1.54, 1.807) is 0 Å². The van der Waals surface area contributed by atoms with Crippen molar-refractivity contribution >= 4 is 0 Å². The van der Waals surface area contributed by atoms with Crippen LogP contribution in [0, 0.1) is 0 Å². The summed E-state index contributed by atoms with van der Waals surface area (Å²) < 4.78 is 10.8. The van der Waals surface area contributed by atoms with Crippen molar-refractivity contribution in [2.24, 2.45) is 0 Å². The van der Waals surface area contributed by atoms with Crippen LogP contribution in [0.2, 0.25) is 0 Å². The van der Waals surface area contributed by atoms with Gasteiger partial charge in [-0.05, 0) is 43.4 Å². The van der Waals surface area contributed by atoms with Gasteiger partial charge in [-0.25, -0.2) is 0 Å². The van der Waals surface area contributed by atoms with E-state index in [0.717, 1.165) is 18.8 Å². The summed E-state index contributed by atoms with van der Waals surface area (Å²) >= 11 is 0. The normalized spacial score (nSPS) is 16.9. The van der Waals surface area contributed by atoms with Gasteiger partial charge in [-0.1, -0.05) is 37.5 Å². The van der Waals surface area contributed by atoms with Gasteiger partial charge in [0.2, 0.25) is 0 Å². The minimum Gasteiger partial charge on any atom is -0.491 e. The zero-order valence-corrected chi connectivity index (χ0v) is 12.4. The maximum atomic E-state index is 5.63. The Morgan fingerprint density at radius 3 is 2.50 bits per heavy atom. The number of unbranched alkanes of at least 4 members (excludes halogenated alkanes) is 5. The van der Waals surface area contributed by atoms with Crippen molar-refractivity contribution in [2.75, 3.05) is 13.2 Å². The molecule has 0 N–H and O–H groups in total. The molecule has 0 bridgehead atoms. The molecule has 1 aromatic carbocycles. The van der Waals surface area contributed by atoms with E-state index in [1.165, 1.54) is 44.1 Å². The lowest BCUT2D eigenvalue weighted by molar-refractivity contribution is 0.263. The molecule has 1 fully saturated rings. The molecule has 1 aromatic rings. The molecular weight excluding hydrogens is 248 g/mol. The first-order chi connectivity index (χ1) is 9.88. The molecule has 1 aliphatic rings. The number of rotatable bonds is 11. The summed E-state index contributed by atoms with van der Waals surface area (Å²) in [5, 5.41) is 0. The summed E-state index contributed by atoms with van der Waals surface area (Å²) in [6, 6.07) is 8.51. The van der Waals surface area contributed by atoms with E-state index < -0.39 is 0 Å². The van der Waals surface area contributed by atoms with Gasteiger partial charge in [0.15, 0.2) is 0 Å². The molecular formula is C18H26O2.